The molecule has 0 radical (unpaired) electrons. The van der Waals surface area contributed by atoms with Crippen molar-refractivity contribution < 1.29 is 0 Å². The monoisotopic (exact) mass is 228 g/mol. The molecule has 2 aromatic carbocycles. The Kier molecular flexibility index (Phi) is 4.06. The quantitative estimate of drug-likeness (QED) is 0.702. The van der Waals surface area contributed by atoms with E-state index in [9.17, 15) is 0 Å². The molecular weight excluding hydrogens is 212 g/mol. The first-order valence-electron chi connectivity index (χ1n) is 5.58. The number of benzene rings is 2. The minimum absolute atomic E-state index is 1.14. The predicted molar refractivity (Wildman–Crippen MR) is 72.0 cm³/mol. The van der Waals surface area contributed by atoms with Crippen molar-refractivity contribution in [3.05, 3.63) is 65.7 Å². The van der Waals surface area contributed by atoms with Gasteiger partial charge < -0.3 is 0 Å². The average molecular weight is 228 g/mol. The molecular formula is C15H16S. The minimum atomic E-state index is 1.14. The fourth-order valence-electron chi connectivity index (χ4n) is 1.57. The van der Waals surface area contributed by atoms with Gasteiger partial charge in [-0.05, 0) is 31.0 Å². The van der Waals surface area contributed by atoms with Crippen molar-refractivity contribution in [1.82, 2.24) is 0 Å². The van der Waals surface area contributed by atoms with Crippen LogP contribution in [0.3, 0.4) is 0 Å². The molecule has 0 saturated heterocycles. The van der Waals surface area contributed by atoms with Gasteiger partial charge in [0.1, 0.15) is 0 Å². The third-order valence-corrected chi connectivity index (χ3v) is 3.54. The zero-order chi connectivity index (χ0) is 11.2. The van der Waals surface area contributed by atoms with Gasteiger partial charge in [-0.2, -0.15) is 0 Å². The van der Waals surface area contributed by atoms with Crippen LogP contribution >= 0.6 is 11.8 Å². The van der Waals surface area contributed by atoms with E-state index < -0.39 is 0 Å². The van der Waals surface area contributed by atoms with Crippen molar-refractivity contribution in [1.29, 1.82) is 0 Å². The molecule has 0 bridgehead atoms. The van der Waals surface area contributed by atoms with Crippen LogP contribution in [0.25, 0.3) is 0 Å². The topological polar surface area (TPSA) is 0 Å². The van der Waals surface area contributed by atoms with Gasteiger partial charge >= 0.3 is 0 Å². The molecule has 0 amide bonds. The third kappa shape index (κ3) is 3.42. The Morgan fingerprint density at radius 3 is 2.25 bits per heavy atom. The Balaban J connectivity index is 1.82. The molecule has 1 heteroatoms. The van der Waals surface area contributed by atoms with Crippen molar-refractivity contribution >= 4 is 11.8 Å². The van der Waals surface area contributed by atoms with Crippen LogP contribution in [0.4, 0.5) is 0 Å². The van der Waals surface area contributed by atoms with Crippen LogP contribution < -0.4 is 0 Å². The highest BCUT2D eigenvalue weighted by Crippen LogP contribution is 2.19. The van der Waals surface area contributed by atoms with Crippen molar-refractivity contribution in [2.75, 3.05) is 5.75 Å². The Labute approximate surface area is 102 Å². The highest BCUT2D eigenvalue weighted by Gasteiger charge is 1.95. The third-order valence-electron chi connectivity index (χ3n) is 2.52. The van der Waals surface area contributed by atoms with Crippen LogP contribution in [0.5, 0.6) is 0 Å². The summed E-state index contributed by atoms with van der Waals surface area (Å²) in [6, 6.07) is 19.4. The van der Waals surface area contributed by atoms with Gasteiger partial charge in [0, 0.05) is 10.6 Å². The van der Waals surface area contributed by atoms with Gasteiger partial charge in [-0.1, -0.05) is 48.0 Å². The maximum atomic E-state index is 2.20. The molecule has 0 aliphatic rings. The normalized spacial score (nSPS) is 10.3. The second-order valence-corrected chi connectivity index (χ2v) is 5.07. The van der Waals surface area contributed by atoms with Gasteiger partial charge in [0.15, 0.2) is 0 Å². The maximum Gasteiger partial charge on any atom is 0.00722 e. The molecule has 2 rings (SSSR count). The summed E-state index contributed by atoms with van der Waals surface area (Å²) >= 11 is 1.92. The van der Waals surface area contributed by atoms with E-state index in [1.807, 2.05) is 11.8 Å². The summed E-state index contributed by atoms with van der Waals surface area (Å²) in [6.07, 6.45) is 1.14. The fraction of sp³-hybridized carbons (Fsp3) is 0.200. The number of hydrogen-bond donors (Lipinski definition) is 0. The molecule has 0 aliphatic heterocycles. The predicted octanol–water partition coefficient (Wildman–Crippen LogP) is 4.33. The summed E-state index contributed by atoms with van der Waals surface area (Å²) in [6.45, 7) is 2.12. The number of thioether (sulfide) groups is 1. The molecule has 0 saturated carbocycles. The second kappa shape index (κ2) is 5.76. The summed E-state index contributed by atoms with van der Waals surface area (Å²) in [5, 5.41) is 0. The molecule has 0 fully saturated rings. The van der Waals surface area contributed by atoms with E-state index in [1.54, 1.807) is 0 Å². The van der Waals surface area contributed by atoms with Crippen LogP contribution in [-0.4, -0.2) is 5.75 Å². The smallest absolute Gasteiger partial charge is 0.00722 e. The fourth-order valence-corrected chi connectivity index (χ4v) is 2.47. The summed E-state index contributed by atoms with van der Waals surface area (Å²) in [4.78, 5) is 1.36. The lowest BCUT2D eigenvalue weighted by atomic mass is 10.2. The zero-order valence-corrected chi connectivity index (χ0v) is 10.3. The molecule has 0 spiro atoms. The lowest BCUT2D eigenvalue weighted by Gasteiger charge is -2.02. The van der Waals surface area contributed by atoms with E-state index in [2.05, 4.69) is 61.5 Å². The molecule has 16 heavy (non-hydrogen) atoms. The number of rotatable bonds is 4. The van der Waals surface area contributed by atoms with Crippen molar-refractivity contribution in [3.63, 3.8) is 0 Å². The largest absolute Gasteiger partial charge is 0.126 e. The highest BCUT2D eigenvalue weighted by atomic mass is 32.2. The first-order chi connectivity index (χ1) is 7.84. The molecule has 82 valence electrons. The van der Waals surface area contributed by atoms with E-state index in [-0.39, 0.29) is 0 Å². The Morgan fingerprint density at radius 2 is 1.56 bits per heavy atom. The molecule has 0 aliphatic carbocycles. The summed E-state index contributed by atoms with van der Waals surface area (Å²) in [7, 11) is 0. The van der Waals surface area contributed by atoms with E-state index in [0.29, 0.717) is 0 Å². The van der Waals surface area contributed by atoms with Gasteiger partial charge in [0.05, 0.1) is 0 Å². The van der Waals surface area contributed by atoms with Gasteiger partial charge in [0.2, 0.25) is 0 Å². The maximum absolute atomic E-state index is 2.20. The van der Waals surface area contributed by atoms with Crippen LogP contribution in [0, 0.1) is 6.92 Å². The van der Waals surface area contributed by atoms with Gasteiger partial charge in [-0.15, -0.1) is 11.8 Å². The standard InChI is InChI=1S/C15H16S/c1-13-7-9-15(10-8-13)16-12-11-14-5-3-2-4-6-14/h2-10H,11-12H2,1H3. The van der Waals surface area contributed by atoms with Gasteiger partial charge in [0.25, 0.3) is 0 Å². The van der Waals surface area contributed by atoms with E-state index in [4.69, 9.17) is 0 Å². The average Bonchev–Trinajstić information content (AvgIpc) is 2.33. The van der Waals surface area contributed by atoms with Crippen molar-refractivity contribution in [2.24, 2.45) is 0 Å². The van der Waals surface area contributed by atoms with E-state index in [1.165, 1.54) is 16.0 Å². The Hall–Kier alpha value is -1.21. The van der Waals surface area contributed by atoms with Crippen LogP contribution in [0.15, 0.2) is 59.5 Å². The molecule has 0 unspecified atom stereocenters. The van der Waals surface area contributed by atoms with Crippen LogP contribution in [0.1, 0.15) is 11.1 Å². The Morgan fingerprint density at radius 1 is 0.875 bits per heavy atom. The van der Waals surface area contributed by atoms with Gasteiger partial charge in [-0.25, -0.2) is 0 Å². The van der Waals surface area contributed by atoms with Crippen LogP contribution in [0.2, 0.25) is 0 Å². The zero-order valence-electron chi connectivity index (χ0n) is 9.52. The molecule has 0 atom stereocenters. The van der Waals surface area contributed by atoms with Crippen LogP contribution in [-0.2, 0) is 6.42 Å². The Bertz CT molecular complexity index is 417. The molecule has 2 aromatic rings. The molecule has 0 nitrogen and oxygen atoms in total. The van der Waals surface area contributed by atoms with E-state index >= 15 is 0 Å². The first-order valence-corrected chi connectivity index (χ1v) is 6.56. The van der Waals surface area contributed by atoms with E-state index in [0.717, 1.165) is 12.2 Å². The highest BCUT2D eigenvalue weighted by molar-refractivity contribution is 7.99. The van der Waals surface area contributed by atoms with Crippen molar-refractivity contribution in [3.8, 4) is 0 Å². The lowest BCUT2D eigenvalue weighted by Crippen LogP contribution is -1.87. The second-order valence-electron chi connectivity index (χ2n) is 3.90. The summed E-state index contributed by atoms with van der Waals surface area (Å²) in [5.41, 5.74) is 2.74. The summed E-state index contributed by atoms with van der Waals surface area (Å²) < 4.78 is 0. The number of hydrogen-bond acceptors (Lipinski definition) is 1. The summed E-state index contributed by atoms with van der Waals surface area (Å²) in [5.74, 6) is 1.15. The SMILES string of the molecule is Cc1ccc(SCCc2ccccc2)cc1. The molecule has 0 heterocycles. The lowest BCUT2D eigenvalue weighted by molar-refractivity contribution is 1.15. The number of aryl methyl sites for hydroxylation is 2. The molecule has 0 N–H and O–H groups in total. The molecule has 0 aromatic heterocycles. The van der Waals surface area contributed by atoms with Crippen molar-refractivity contribution in [2.45, 2.75) is 18.2 Å². The first kappa shape index (κ1) is 11.3. The van der Waals surface area contributed by atoms with Gasteiger partial charge in [-0.3, -0.25) is 0 Å². The minimum Gasteiger partial charge on any atom is -0.126 e.